The van der Waals surface area contributed by atoms with E-state index in [9.17, 15) is 0 Å². The normalized spacial score (nSPS) is 9.00. The van der Waals surface area contributed by atoms with Crippen molar-refractivity contribution in [3.63, 3.8) is 0 Å². The molecule has 0 radical (unpaired) electrons. The van der Waals surface area contributed by atoms with Crippen LogP contribution in [0, 0.1) is 0 Å². The van der Waals surface area contributed by atoms with Gasteiger partial charge in [0.15, 0.2) is 0 Å². The zero-order valence-electron chi connectivity index (χ0n) is 5.82. The fraction of sp³-hybridized carbons (Fsp3) is 0.500. The molecule has 0 amide bonds. The lowest BCUT2D eigenvalue weighted by Crippen LogP contribution is -1.87. The maximum absolute atomic E-state index is 8.57. The van der Waals surface area contributed by atoms with Gasteiger partial charge in [-0.2, -0.15) is 0 Å². The predicted octanol–water partition coefficient (Wildman–Crippen LogP) is 0.817. The standard InChI is InChI=1S/C6H10N2O.ClH/c1-2-8-3-6(4-9)7-5-8;/h3,5,9H,2,4H2,1H3;1H. The van der Waals surface area contributed by atoms with Crippen molar-refractivity contribution in [1.29, 1.82) is 0 Å². The number of hydrogen-bond donors (Lipinski definition) is 1. The minimum absolute atomic E-state index is 0. The maximum Gasteiger partial charge on any atom is 0.0950 e. The third-order valence-corrected chi connectivity index (χ3v) is 1.21. The molecule has 3 nitrogen and oxygen atoms in total. The highest BCUT2D eigenvalue weighted by Gasteiger charge is 1.91. The van der Waals surface area contributed by atoms with Crippen LogP contribution in [0.4, 0.5) is 0 Å². The summed E-state index contributed by atoms with van der Waals surface area (Å²) >= 11 is 0. The molecule has 0 aliphatic heterocycles. The molecule has 1 heterocycles. The molecule has 0 saturated heterocycles. The van der Waals surface area contributed by atoms with Crippen molar-refractivity contribution in [3.05, 3.63) is 18.2 Å². The second-order valence-electron chi connectivity index (χ2n) is 1.85. The minimum Gasteiger partial charge on any atom is -0.390 e. The van der Waals surface area contributed by atoms with Gasteiger partial charge in [-0.15, -0.1) is 12.4 Å². The lowest BCUT2D eigenvalue weighted by molar-refractivity contribution is 0.277. The molecule has 0 aliphatic carbocycles. The second kappa shape index (κ2) is 4.30. The molecular formula is C6H11ClN2O. The molecular weight excluding hydrogens is 152 g/mol. The van der Waals surface area contributed by atoms with Crippen LogP contribution < -0.4 is 0 Å². The van der Waals surface area contributed by atoms with Gasteiger partial charge in [0.05, 0.1) is 18.6 Å². The molecule has 0 unspecified atom stereocenters. The van der Waals surface area contributed by atoms with E-state index in [1.165, 1.54) is 0 Å². The summed E-state index contributed by atoms with van der Waals surface area (Å²) in [4.78, 5) is 3.92. The Morgan fingerprint density at radius 1 is 1.70 bits per heavy atom. The van der Waals surface area contributed by atoms with Crippen LogP contribution >= 0.6 is 12.4 Å². The van der Waals surface area contributed by atoms with Gasteiger partial charge in [-0.25, -0.2) is 4.98 Å². The van der Waals surface area contributed by atoms with E-state index in [1.54, 1.807) is 6.33 Å². The summed E-state index contributed by atoms with van der Waals surface area (Å²) in [7, 11) is 0. The van der Waals surface area contributed by atoms with E-state index in [2.05, 4.69) is 4.98 Å². The molecule has 0 atom stereocenters. The van der Waals surface area contributed by atoms with Crippen LogP contribution in [0.25, 0.3) is 0 Å². The van der Waals surface area contributed by atoms with E-state index < -0.39 is 0 Å². The van der Waals surface area contributed by atoms with Crippen molar-refractivity contribution in [2.45, 2.75) is 20.1 Å². The fourth-order valence-corrected chi connectivity index (χ4v) is 0.661. The lowest BCUT2D eigenvalue weighted by Gasteiger charge is -1.89. The second-order valence-corrected chi connectivity index (χ2v) is 1.85. The zero-order chi connectivity index (χ0) is 6.69. The number of rotatable bonds is 2. The predicted molar refractivity (Wildman–Crippen MR) is 41.1 cm³/mol. The van der Waals surface area contributed by atoms with Gasteiger partial charge in [0.25, 0.3) is 0 Å². The molecule has 0 saturated carbocycles. The highest BCUT2D eigenvalue weighted by atomic mass is 35.5. The number of aromatic nitrogens is 2. The number of imidazole rings is 1. The maximum atomic E-state index is 8.57. The minimum atomic E-state index is 0. The van der Waals surface area contributed by atoms with Gasteiger partial charge in [-0.3, -0.25) is 0 Å². The third kappa shape index (κ3) is 2.01. The number of aryl methyl sites for hydroxylation is 1. The Morgan fingerprint density at radius 3 is 2.70 bits per heavy atom. The van der Waals surface area contributed by atoms with Crippen LogP contribution in [0.1, 0.15) is 12.6 Å². The number of halogens is 1. The topological polar surface area (TPSA) is 38.0 Å². The first-order valence-corrected chi connectivity index (χ1v) is 2.98. The van der Waals surface area contributed by atoms with Gasteiger partial charge in [0.2, 0.25) is 0 Å². The molecule has 0 aromatic carbocycles. The average molecular weight is 163 g/mol. The molecule has 0 fully saturated rings. The number of aliphatic hydroxyl groups excluding tert-OH is 1. The molecule has 1 rings (SSSR count). The Bertz CT molecular complexity index is 169. The molecule has 1 aromatic heterocycles. The van der Waals surface area contributed by atoms with Crippen molar-refractivity contribution in [1.82, 2.24) is 9.55 Å². The summed E-state index contributed by atoms with van der Waals surface area (Å²) in [5.74, 6) is 0. The van der Waals surface area contributed by atoms with Gasteiger partial charge in [0.1, 0.15) is 0 Å². The van der Waals surface area contributed by atoms with Crippen molar-refractivity contribution < 1.29 is 5.11 Å². The van der Waals surface area contributed by atoms with Gasteiger partial charge >= 0.3 is 0 Å². The molecule has 10 heavy (non-hydrogen) atoms. The first-order chi connectivity index (χ1) is 4.36. The van der Waals surface area contributed by atoms with E-state index in [4.69, 9.17) is 5.11 Å². The Balaban J connectivity index is 0.000000810. The van der Waals surface area contributed by atoms with E-state index in [0.717, 1.165) is 12.2 Å². The first kappa shape index (κ1) is 9.46. The Labute approximate surface area is 66.1 Å². The quantitative estimate of drug-likeness (QED) is 0.699. The third-order valence-electron chi connectivity index (χ3n) is 1.21. The number of aliphatic hydroxyl groups is 1. The van der Waals surface area contributed by atoms with Crippen LogP contribution in [0.3, 0.4) is 0 Å². The highest BCUT2D eigenvalue weighted by molar-refractivity contribution is 5.85. The molecule has 0 spiro atoms. The van der Waals surface area contributed by atoms with Gasteiger partial charge in [-0.1, -0.05) is 0 Å². The smallest absolute Gasteiger partial charge is 0.0950 e. The summed E-state index contributed by atoms with van der Waals surface area (Å²) in [5.41, 5.74) is 0.733. The Morgan fingerprint density at radius 2 is 2.40 bits per heavy atom. The molecule has 1 N–H and O–H groups in total. The molecule has 0 aliphatic rings. The van der Waals surface area contributed by atoms with Gasteiger partial charge < -0.3 is 9.67 Å². The monoisotopic (exact) mass is 162 g/mol. The lowest BCUT2D eigenvalue weighted by atomic mass is 10.5. The van der Waals surface area contributed by atoms with E-state index in [1.807, 2.05) is 17.7 Å². The van der Waals surface area contributed by atoms with Crippen LogP contribution in [0.5, 0.6) is 0 Å². The summed E-state index contributed by atoms with van der Waals surface area (Å²) in [6, 6.07) is 0. The van der Waals surface area contributed by atoms with Crippen LogP contribution in [0.15, 0.2) is 12.5 Å². The van der Waals surface area contributed by atoms with E-state index in [0.29, 0.717) is 0 Å². The number of hydrogen-bond acceptors (Lipinski definition) is 2. The summed E-state index contributed by atoms with van der Waals surface area (Å²) < 4.78 is 1.92. The molecule has 58 valence electrons. The molecule has 4 heteroatoms. The average Bonchev–Trinajstić information content (AvgIpc) is 2.34. The SMILES string of the molecule is CCn1cnc(CO)c1.Cl. The van der Waals surface area contributed by atoms with Gasteiger partial charge in [0, 0.05) is 12.7 Å². The molecule has 0 bridgehead atoms. The first-order valence-electron chi connectivity index (χ1n) is 2.98. The van der Waals surface area contributed by atoms with E-state index >= 15 is 0 Å². The Hall–Kier alpha value is -0.540. The summed E-state index contributed by atoms with van der Waals surface area (Å²) in [6.45, 7) is 2.98. The van der Waals surface area contributed by atoms with Crippen LogP contribution in [0.2, 0.25) is 0 Å². The highest BCUT2D eigenvalue weighted by Crippen LogP contribution is 1.93. The van der Waals surface area contributed by atoms with Crippen LogP contribution in [-0.2, 0) is 13.2 Å². The summed E-state index contributed by atoms with van der Waals surface area (Å²) in [5, 5.41) is 8.57. The Kier molecular flexibility index (Phi) is 4.07. The van der Waals surface area contributed by atoms with Crippen molar-refractivity contribution in [2.24, 2.45) is 0 Å². The van der Waals surface area contributed by atoms with Crippen LogP contribution in [-0.4, -0.2) is 14.7 Å². The number of nitrogens with zero attached hydrogens (tertiary/aromatic N) is 2. The zero-order valence-corrected chi connectivity index (χ0v) is 6.64. The van der Waals surface area contributed by atoms with Crippen molar-refractivity contribution >= 4 is 12.4 Å². The van der Waals surface area contributed by atoms with Crippen molar-refractivity contribution in [2.75, 3.05) is 0 Å². The fourth-order valence-electron chi connectivity index (χ4n) is 0.661. The largest absolute Gasteiger partial charge is 0.390 e. The molecule has 1 aromatic rings. The van der Waals surface area contributed by atoms with E-state index in [-0.39, 0.29) is 19.0 Å². The van der Waals surface area contributed by atoms with Gasteiger partial charge in [-0.05, 0) is 6.92 Å². The van der Waals surface area contributed by atoms with Crippen molar-refractivity contribution in [3.8, 4) is 0 Å². The summed E-state index contributed by atoms with van der Waals surface area (Å²) in [6.07, 6.45) is 3.55.